The van der Waals surface area contributed by atoms with Crippen LogP contribution in [-0.2, 0) is 4.79 Å². The van der Waals surface area contributed by atoms with Gasteiger partial charge in [-0.05, 0) is 24.6 Å². The highest BCUT2D eigenvalue weighted by atomic mass is 16.5. The maximum Gasteiger partial charge on any atom is 0.326 e. The lowest BCUT2D eigenvalue weighted by atomic mass is 10.1. The highest BCUT2D eigenvalue weighted by Crippen LogP contribution is 2.22. The van der Waals surface area contributed by atoms with Crippen LogP contribution >= 0.6 is 0 Å². The molecule has 0 aliphatic rings. The number of carbonyl (C=O) groups is 2. The summed E-state index contributed by atoms with van der Waals surface area (Å²) < 4.78 is 5.15. The summed E-state index contributed by atoms with van der Waals surface area (Å²) in [4.78, 5) is 23.2. The predicted octanol–water partition coefficient (Wildman–Crippen LogP) is 2.07. The summed E-state index contributed by atoms with van der Waals surface area (Å²) in [5.74, 6) is -0.856. The minimum atomic E-state index is -1.05. The lowest BCUT2D eigenvalue weighted by molar-refractivity contribution is -0.139. The molecule has 0 bridgehead atoms. The van der Waals surface area contributed by atoms with Gasteiger partial charge in [0.05, 0.1) is 12.8 Å². The zero-order chi connectivity index (χ0) is 16.8. The predicted molar refractivity (Wildman–Crippen MR) is 84.4 cm³/mol. The van der Waals surface area contributed by atoms with E-state index in [2.05, 4.69) is 15.5 Å². The Morgan fingerprint density at radius 1 is 1.39 bits per heavy atom. The number of carboxylic acids is 1. The maximum atomic E-state index is 12.1. The molecule has 0 aliphatic heterocycles. The van der Waals surface area contributed by atoms with Crippen molar-refractivity contribution in [3.05, 3.63) is 36.0 Å². The average Bonchev–Trinajstić information content (AvgIpc) is 3.04. The molecule has 7 heteroatoms. The summed E-state index contributed by atoms with van der Waals surface area (Å²) in [7, 11) is 1.57. The highest BCUT2D eigenvalue weighted by Gasteiger charge is 2.21. The van der Waals surface area contributed by atoms with E-state index in [0.29, 0.717) is 24.3 Å². The molecule has 1 aromatic heterocycles. The largest absolute Gasteiger partial charge is 0.497 e. The van der Waals surface area contributed by atoms with Crippen molar-refractivity contribution in [1.82, 2.24) is 15.5 Å². The molecule has 122 valence electrons. The average molecular weight is 317 g/mol. The second-order valence-corrected chi connectivity index (χ2v) is 5.05. The van der Waals surface area contributed by atoms with E-state index >= 15 is 0 Å². The third-order valence-corrected chi connectivity index (χ3v) is 3.37. The van der Waals surface area contributed by atoms with E-state index in [9.17, 15) is 9.59 Å². The number of rotatable bonds is 7. The molecule has 0 saturated carbocycles. The summed E-state index contributed by atoms with van der Waals surface area (Å²) in [6.45, 7) is 1.86. The number of methoxy groups -OCH3 is 1. The Labute approximate surface area is 133 Å². The number of hydrogen-bond donors (Lipinski definition) is 3. The van der Waals surface area contributed by atoms with Gasteiger partial charge >= 0.3 is 5.97 Å². The number of carboxylic acid groups (broad SMARTS) is 1. The van der Waals surface area contributed by atoms with Crippen molar-refractivity contribution in [1.29, 1.82) is 0 Å². The molecule has 0 aliphatic carbocycles. The van der Waals surface area contributed by atoms with E-state index in [0.717, 1.165) is 5.56 Å². The number of H-pyrrole nitrogens is 1. The molecule has 3 N–H and O–H groups in total. The van der Waals surface area contributed by atoms with Crippen LogP contribution in [0.3, 0.4) is 0 Å². The molecule has 1 atom stereocenters. The van der Waals surface area contributed by atoms with Gasteiger partial charge < -0.3 is 15.2 Å². The van der Waals surface area contributed by atoms with Gasteiger partial charge in [-0.2, -0.15) is 5.10 Å². The van der Waals surface area contributed by atoms with Crippen LogP contribution < -0.4 is 10.1 Å². The van der Waals surface area contributed by atoms with Crippen molar-refractivity contribution in [2.75, 3.05) is 7.11 Å². The molecule has 1 heterocycles. The molecular weight excluding hydrogens is 298 g/mol. The molecule has 0 radical (unpaired) electrons. The van der Waals surface area contributed by atoms with Gasteiger partial charge in [0.1, 0.15) is 17.5 Å². The number of hydrogen-bond acceptors (Lipinski definition) is 4. The molecule has 7 nitrogen and oxygen atoms in total. The van der Waals surface area contributed by atoms with Crippen LogP contribution in [0.5, 0.6) is 5.75 Å². The van der Waals surface area contributed by atoms with E-state index in [1.54, 1.807) is 19.2 Å². The Hall–Kier alpha value is -2.83. The summed E-state index contributed by atoms with van der Waals surface area (Å²) in [6, 6.07) is 7.95. The molecule has 2 rings (SSSR count). The van der Waals surface area contributed by atoms with Crippen molar-refractivity contribution in [2.24, 2.45) is 0 Å². The fourth-order valence-corrected chi connectivity index (χ4v) is 2.15. The topological polar surface area (TPSA) is 104 Å². The van der Waals surface area contributed by atoms with Gasteiger partial charge in [-0.25, -0.2) is 4.79 Å². The smallest absolute Gasteiger partial charge is 0.326 e. The third-order valence-electron chi connectivity index (χ3n) is 3.37. The molecule has 2 aromatic rings. The lowest BCUT2D eigenvalue weighted by Crippen LogP contribution is -2.40. The molecule has 0 saturated heterocycles. The first-order chi connectivity index (χ1) is 11.0. The second-order valence-electron chi connectivity index (χ2n) is 5.05. The zero-order valence-electron chi connectivity index (χ0n) is 13.0. The Bertz CT molecular complexity index is 696. The monoisotopic (exact) mass is 317 g/mol. The summed E-state index contributed by atoms with van der Waals surface area (Å²) in [6.07, 6.45) is 1.03. The fraction of sp³-hybridized carbons (Fsp3) is 0.312. The van der Waals surface area contributed by atoms with Gasteiger partial charge in [0.25, 0.3) is 5.91 Å². The molecular formula is C16H19N3O4. The molecule has 23 heavy (non-hydrogen) atoms. The number of carbonyl (C=O) groups excluding carboxylic acids is 1. The number of benzene rings is 1. The van der Waals surface area contributed by atoms with Gasteiger partial charge in [-0.3, -0.25) is 9.89 Å². The highest BCUT2D eigenvalue weighted by molar-refractivity contribution is 5.95. The SMILES string of the molecule is CCCC(NC(=O)c1cc(-c2cccc(OC)c2)n[nH]1)C(=O)O. The Morgan fingerprint density at radius 3 is 2.83 bits per heavy atom. The Kier molecular flexibility index (Phi) is 5.35. The summed E-state index contributed by atoms with van der Waals surface area (Å²) >= 11 is 0. The first-order valence-electron chi connectivity index (χ1n) is 7.28. The Balaban J connectivity index is 2.14. The van der Waals surface area contributed by atoms with Gasteiger partial charge in [0.15, 0.2) is 0 Å². The second kappa shape index (κ2) is 7.44. The van der Waals surface area contributed by atoms with Gasteiger partial charge in [0.2, 0.25) is 0 Å². The van der Waals surface area contributed by atoms with E-state index in [-0.39, 0.29) is 5.69 Å². The summed E-state index contributed by atoms with van der Waals surface area (Å²) in [5, 5.41) is 18.3. The van der Waals surface area contributed by atoms with Crippen LogP contribution in [0.15, 0.2) is 30.3 Å². The maximum absolute atomic E-state index is 12.1. The Morgan fingerprint density at radius 2 is 2.17 bits per heavy atom. The standard InChI is InChI=1S/C16H19N3O4/c1-3-5-12(16(21)22)17-15(20)14-9-13(18-19-14)10-6-4-7-11(8-10)23-2/h4,6-9,12H,3,5H2,1-2H3,(H,17,20)(H,18,19)(H,21,22). The number of nitrogens with one attached hydrogen (secondary N) is 2. The normalized spacial score (nSPS) is 11.7. The van der Waals surface area contributed by atoms with Crippen LogP contribution in [0.2, 0.25) is 0 Å². The number of aromatic nitrogens is 2. The van der Waals surface area contributed by atoms with Crippen LogP contribution in [-0.4, -0.2) is 40.3 Å². The molecule has 1 unspecified atom stereocenters. The first-order valence-corrected chi connectivity index (χ1v) is 7.28. The molecule has 0 fully saturated rings. The number of amides is 1. The van der Waals surface area contributed by atoms with Crippen molar-refractivity contribution >= 4 is 11.9 Å². The van der Waals surface area contributed by atoms with E-state index in [1.807, 2.05) is 25.1 Å². The number of aliphatic carboxylic acids is 1. The minimum Gasteiger partial charge on any atom is -0.497 e. The number of ether oxygens (including phenoxy) is 1. The number of aromatic amines is 1. The van der Waals surface area contributed by atoms with Crippen molar-refractivity contribution < 1.29 is 19.4 Å². The van der Waals surface area contributed by atoms with Gasteiger partial charge in [-0.15, -0.1) is 0 Å². The zero-order valence-corrected chi connectivity index (χ0v) is 13.0. The van der Waals surface area contributed by atoms with Crippen LogP contribution in [0, 0.1) is 0 Å². The van der Waals surface area contributed by atoms with Crippen LogP contribution in [0.4, 0.5) is 0 Å². The van der Waals surface area contributed by atoms with Crippen molar-refractivity contribution in [3.63, 3.8) is 0 Å². The van der Waals surface area contributed by atoms with E-state index < -0.39 is 17.9 Å². The van der Waals surface area contributed by atoms with Crippen LogP contribution in [0.25, 0.3) is 11.3 Å². The van der Waals surface area contributed by atoms with Gasteiger partial charge in [-0.1, -0.05) is 25.5 Å². The number of nitrogens with zero attached hydrogens (tertiary/aromatic N) is 1. The van der Waals surface area contributed by atoms with Crippen molar-refractivity contribution in [3.8, 4) is 17.0 Å². The molecule has 0 spiro atoms. The van der Waals surface area contributed by atoms with E-state index in [4.69, 9.17) is 9.84 Å². The first kappa shape index (κ1) is 16.5. The minimum absolute atomic E-state index is 0.213. The summed E-state index contributed by atoms with van der Waals surface area (Å²) in [5.41, 5.74) is 1.59. The molecule has 1 amide bonds. The fourth-order valence-electron chi connectivity index (χ4n) is 2.15. The third kappa shape index (κ3) is 4.09. The molecule has 1 aromatic carbocycles. The quantitative estimate of drug-likeness (QED) is 0.725. The van der Waals surface area contributed by atoms with E-state index in [1.165, 1.54) is 0 Å². The van der Waals surface area contributed by atoms with Crippen LogP contribution in [0.1, 0.15) is 30.3 Å². The lowest BCUT2D eigenvalue weighted by Gasteiger charge is -2.12. The van der Waals surface area contributed by atoms with Gasteiger partial charge in [0, 0.05) is 5.56 Å². The van der Waals surface area contributed by atoms with Crippen molar-refractivity contribution in [2.45, 2.75) is 25.8 Å².